The molecular weight excluding hydrogens is 238 g/mol. The summed E-state index contributed by atoms with van der Waals surface area (Å²) in [4.78, 5) is 27.2. The summed E-state index contributed by atoms with van der Waals surface area (Å²) in [5.74, 6) is -1.29. The second-order valence-corrected chi connectivity index (χ2v) is 5.55. The minimum Gasteiger partial charge on any atom is -0.481 e. The van der Waals surface area contributed by atoms with E-state index in [9.17, 15) is 9.59 Å². The Morgan fingerprint density at radius 1 is 1.39 bits per heavy atom. The van der Waals surface area contributed by atoms with Gasteiger partial charge in [-0.15, -0.1) is 0 Å². The average molecular weight is 259 g/mol. The molecule has 2 N–H and O–H groups in total. The Labute approximate surface area is 107 Å². The molecule has 1 unspecified atom stereocenters. The standard InChI is InChI=1S/C12H21NO5/c1-12(2,3)18-11(16)13-17-7-9(10(14)15)8-5-4-6-8/h8-9H,4-7H2,1-3H3,(H,13,16)(H,14,15). The molecule has 1 aliphatic carbocycles. The summed E-state index contributed by atoms with van der Waals surface area (Å²) in [5, 5.41) is 9.04. The fraction of sp³-hybridized carbons (Fsp3) is 0.833. The molecule has 18 heavy (non-hydrogen) atoms. The molecule has 0 radical (unpaired) electrons. The molecule has 6 nitrogen and oxygen atoms in total. The van der Waals surface area contributed by atoms with Gasteiger partial charge < -0.3 is 9.84 Å². The van der Waals surface area contributed by atoms with Crippen molar-refractivity contribution in [2.45, 2.75) is 45.6 Å². The van der Waals surface area contributed by atoms with Crippen LogP contribution in [0.15, 0.2) is 0 Å². The van der Waals surface area contributed by atoms with Crippen molar-refractivity contribution in [3.05, 3.63) is 0 Å². The second-order valence-electron chi connectivity index (χ2n) is 5.55. The van der Waals surface area contributed by atoms with Gasteiger partial charge in [0.1, 0.15) is 5.60 Å². The van der Waals surface area contributed by atoms with E-state index >= 15 is 0 Å². The summed E-state index contributed by atoms with van der Waals surface area (Å²) < 4.78 is 4.96. The number of amides is 1. The van der Waals surface area contributed by atoms with Gasteiger partial charge in [-0.25, -0.2) is 4.79 Å². The van der Waals surface area contributed by atoms with Gasteiger partial charge in [0.2, 0.25) is 0 Å². The first kappa shape index (κ1) is 14.8. The first-order valence-electron chi connectivity index (χ1n) is 6.13. The maximum absolute atomic E-state index is 11.3. The number of carbonyl (C=O) groups excluding carboxylic acids is 1. The van der Waals surface area contributed by atoms with Crippen LogP contribution in [0.25, 0.3) is 0 Å². The molecule has 0 saturated heterocycles. The van der Waals surface area contributed by atoms with Crippen LogP contribution in [0.2, 0.25) is 0 Å². The molecule has 6 heteroatoms. The van der Waals surface area contributed by atoms with Crippen LogP contribution in [-0.4, -0.2) is 29.4 Å². The average Bonchev–Trinajstić information content (AvgIpc) is 2.09. The molecule has 0 aliphatic heterocycles. The smallest absolute Gasteiger partial charge is 0.431 e. The van der Waals surface area contributed by atoms with Gasteiger partial charge in [-0.2, -0.15) is 5.48 Å². The van der Waals surface area contributed by atoms with Crippen molar-refractivity contribution in [2.24, 2.45) is 11.8 Å². The number of rotatable bonds is 5. The van der Waals surface area contributed by atoms with Crippen molar-refractivity contribution >= 4 is 12.1 Å². The molecule has 0 bridgehead atoms. The molecule has 0 aromatic rings. The number of hydrogen-bond donors (Lipinski definition) is 2. The van der Waals surface area contributed by atoms with Crippen molar-refractivity contribution in [1.29, 1.82) is 0 Å². The van der Waals surface area contributed by atoms with E-state index in [0.717, 1.165) is 19.3 Å². The zero-order valence-electron chi connectivity index (χ0n) is 11.1. The Kier molecular flexibility index (Phi) is 4.95. The lowest BCUT2D eigenvalue weighted by Gasteiger charge is -2.30. The van der Waals surface area contributed by atoms with E-state index in [0.29, 0.717) is 0 Å². The van der Waals surface area contributed by atoms with Crippen molar-refractivity contribution in [2.75, 3.05) is 6.61 Å². The molecular formula is C12H21NO5. The van der Waals surface area contributed by atoms with E-state index in [4.69, 9.17) is 14.7 Å². The van der Waals surface area contributed by atoms with Gasteiger partial charge in [-0.1, -0.05) is 6.42 Å². The van der Waals surface area contributed by atoms with Gasteiger partial charge in [-0.05, 0) is 39.5 Å². The van der Waals surface area contributed by atoms with E-state index in [1.807, 2.05) is 0 Å². The molecule has 0 spiro atoms. The van der Waals surface area contributed by atoms with Crippen LogP contribution in [0.1, 0.15) is 40.0 Å². The van der Waals surface area contributed by atoms with Crippen LogP contribution in [0.3, 0.4) is 0 Å². The maximum atomic E-state index is 11.3. The summed E-state index contributed by atoms with van der Waals surface area (Å²) in [6, 6.07) is 0. The fourth-order valence-corrected chi connectivity index (χ4v) is 1.74. The lowest BCUT2D eigenvalue weighted by atomic mass is 9.76. The topological polar surface area (TPSA) is 84.9 Å². The third kappa shape index (κ3) is 4.91. The van der Waals surface area contributed by atoms with Crippen LogP contribution in [-0.2, 0) is 14.4 Å². The molecule has 1 rings (SSSR count). The molecule has 1 fully saturated rings. The van der Waals surface area contributed by atoms with Gasteiger partial charge in [0.25, 0.3) is 0 Å². The van der Waals surface area contributed by atoms with E-state index < -0.39 is 23.6 Å². The molecule has 0 heterocycles. The lowest BCUT2D eigenvalue weighted by molar-refractivity contribution is -0.149. The van der Waals surface area contributed by atoms with Crippen molar-refractivity contribution in [3.63, 3.8) is 0 Å². The molecule has 104 valence electrons. The van der Waals surface area contributed by atoms with Crippen molar-refractivity contribution in [3.8, 4) is 0 Å². The third-order valence-electron chi connectivity index (χ3n) is 2.85. The van der Waals surface area contributed by atoms with Gasteiger partial charge in [0.05, 0.1) is 12.5 Å². The third-order valence-corrected chi connectivity index (χ3v) is 2.85. The number of nitrogens with one attached hydrogen (secondary N) is 1. The Bertz CT molecular complexity index is 306. The summed E-state index contributed by atoms with van der Waals surface area (Å²) in [6.07, 6.45) is 2.17. The van der Waals surface area contributed by atoms with Gasteiger partial charge >= 0.3 is 12.1 Å². The summed E-state index contributed by atoms with van der Waals surface area (Å²) >= 11 is 0. The minimum atomic E-state index is -0.884. The summed E-state index contributed by atoms with van der Waals surface area (Å²) in [7, 11) is 0. The molecule has 1 amide bonds. The largest absolute Gasteiger partial charge is 0.481 e. The van der Waals surface area contributed by atoms with E-state index in [1.165, 1.54) is 0 Å². The Morgan fingerprint density at radius 3 is 2.39 bits per heavy atom. The fourth-order valence-electron chi connectivity index (χ4n) is 1.74. The van der Waals surface area contributed by atoms with Gasteiger partial charge in [0, 0.05) is 0 Å². The van der Waals surface area contributed by atoms with Gasteiger partial charge in [0.15, 0.2) is 0 Å². The van der Waals surface area contributed by atoms with Crippen LogP contribution in [0, 0.1) is 11.8 Å². The maximum Gasteiger partial charge on any atom is 0.431 e. The summed E-state index contributed by atoms with van der Waals surface area (Å²) in [5.41, 5.74) is 1.50. The lowest BCUT2D eigenvalue weighted by Crippen LogP contribution is -2.37. The van der Waals surface area contributed by atoms with Crippen LogP contribution in [0.4, 0.5) is 4.79 Å². The minimum absolute atomic E-state index is 0.0285. The zero-order chi connectivity index (χ0) is 13.8. The number of carbonyl (C=O) groups is 2. The number of carboxylic acids is 1. The highest BCUT2D eigenvalue weighted by Gasteiger charge is 2.33. The highest BCUT2D eigenvalue weighted by atomic mass is 16.7. The van der Waals surface area contributed by atoms with Crippen LogP contribution in [0.5, 0.6) is 0 Å². The number of carboxylic acid groups (broad SMARTS) is 1. The van der Waals surface area contributed by atoms with Gasteiger partial charge in [-0.3, -0.25) is 9.63 Å². The quantitative estimate of drug-likeness (QED) is 0.737. The Morgan fingerprint density at radius 2 is 2.00 bits per heavy atom. The predicted octanol–water partition coefficient (Wildman–Crippen LogP) is 1.94. The van der Waals surface area contributed by atoms with Crippen molar-refractivity contribution in [1.82, 2.24) is 5.48 Å². The molecule has 1 atom stereocenters. The van der Waals surface area contributed by atoms with Crippen LogP contribution >= 0.6 is 0 Å². The SMILES string of the molecule is CC(C)(C)OC(=O)NOCC(C(=O)O)C1CCC1. The first-order valence-corrected chi connectivity index (χ1v) is 6.13. The van der Waals surface area contributed by atoms with Crippen molar-refractivity contribution < 1.29 is 24.3 Å². The molecule has 1 aliphatic rings. The van der Waals surface area contributed by atoms with E-state index in [-0.39, 0.29) is 12.5 Å². The monoisotopic (exact) mass is 259 g/mol. The first-order chi connectivity index (χ1) is 8.29. The molecule has 0 aromatic heterocycles. The highest BCUT2D eigenvalue weighted by Crippen LogP contribution is 2.33. The number of ether oxygens (including phenoxy) is 1. The predicted molar refractivity (Wildman–Crippen MR) is 63.8 cm³/mol. The summed E-state index contributed by atoms with van der Waals surface area (Å²) in [6.45, 7) is 5.18. The number of aliphatic carboxylic acids is 1. The van der Waals surface area contributed by atoms with E-state index in [2.05, 4.69) is 5.48 Å². The number of hydroxylamine groups is 1. The Hall–Kier alpha value is -1.30. The highest BCUT2D eigenvalue weighted by molar-refractivity contribution is 5.70. The Balaban J connectivity index is 2.26. The normalized spacial score (nSPS) is 17.7. The molecule has 1 saturated carbocycles. The molecule has 0 aromatic carbocycles. The second kappa shape index (κ2) is 6.04. The van der Waals surface area contributed by atoms with E-state index in [1.54, 1.807) is 20.8 Å². The van der Waals surface area contributed by atoms with Crippen LogP contribution < -0.4 is 5.48 Å². The zero-order valence-corrected chi connectivity index (χ0v) is 11.1. The number of hydrogen-bond acceptors (Lipinski definition) is 4.